The van der Waals surface area contributed by atoms with Gasteiger partial charge in [-0.05, 0) is 0 Å². The summed E-state index contributed by atoms with van der Waals surface area (Å²) in [7, 11) is -9.64. The predicted molar refractivity (Wildman–Crippen MR) is 34.6 cm³/mol. The molecular weight excluding hydrogens is 190 g/mol. The van der Waals surface area contributed by atoms with Gasteiger partial charge in [-0.1, -0.05) is 0 Å². The zero-order valence-electron chi connectivity index (χ0n) is 6.16. The molecule has 0 aliphatic rings. The zero-order chi connectivity index (χ0) is 9.40. The van der Waals surface area contributed by atoms with Gasteiger partial charge >= 0.3 is 59.9 Å². The van der Waals surface area contributed by atoms with Crippen molar-refractivity contribution in [2.45, 2.75) is 13.8 Å². The maximum absolute atomic E-state index is 11.8. The first-order chi connectivity index (χ1) is 4.51. The van der Waals surface area contributed by atoms with Crippen molar-refractivity contribution < 1.29 is 25.1 Å². The summed E-state index contributed by atoms with van der Waals surface area (Å²) in [6.45, 7) is 0.444. The Morgan fingerprint density at radius 1 is 0.909 bits per heavy atom. The third-order valence-electron chi connectivity index (χ3n) is 1.15. The van der Waals surface area contributed by atoms with Gasteiger partial charge in [-0.3, -0.25) is 0 Å². The molecule has 0 heterocycles. The predicted octanol–water partition coefficient (Wildman–Crippen LogP) is 4.01. The maximum atomic E-state index is 11.8. The van der Waals surface area contributed by atoms with E-state index in [0.717, 1.165) is 13.8 Å². The van der Waals surface area contributed by atoms with Crippen molar-refractivity contribution >= 4 is 7.72 Å². The van der Waals surface area contributed by atoms with Gasteiger partial charge in [-0.2, -0.15) is 0 Å². The van der Waals surface area contributed by atoms with E-state index in [9.17, 15) is 21.0 Å². The molecule has 0 bridgehead atoms. The van der Waals surface area contributed by atoms with Crippen molar-refractivity contribution in [3.05, 3.63) is 0 Å². The molecule has 0 aromatic carbocycles. The van der Waals surface area contributed by atoms with E-state index in [1.165, 1.54) is 0 Å². The second-order valence-electron chi connectivity index (χ2n) is 2.02. The number of hydrogen-bond acceptors (Lipinski definition) is 0. The van der Waals surface area contributed by atoms with Crippen molar-refractivity contribution in [2.75, 3.05) is 13.2 Å². The minimum atomic E-state index is -9.64. The molecule has 0 saturated carbocycles. The third kappa shape index (κ3) is 3.29. The molecule has 0 aromatic rings. The van der Waals surface area contributed by atoms with E-state index in [2.05, 4.69) is 0 Å². The standard InChI is InChI=1S/C4H10F5OP/c1-3-10(4-2)11(5,6,7,8)9/h3-4H2,1-2H3. The molecule has 0 aromatic heterocycles. The van der Waals surface area contributed by atoms with E-state index in [1.807, 2.05) is 0 Å². The van der Waals surface area contributed by atoms with Crippen LogP contribution in [0.5, 0.6) is 0 Å². The van der Waals surface area contributed by atoms with E-state index >= 15 is 0 Å². The number of halogens is 5. The molecule has 11 heavy (non-hydrogen) atoms. The van der Waals surface area contributed by atoms with Crippen LogP contribution in [0.4, 0.5) is 21.0 Å². The van der Waals surface area contributed by atoms with E-state index < -0.39 is 20.9 Å². The van der Waals surface area contributed by atoms with E-state index in [-0.39, 0.29) is 4.15 Å². The molecule has 0 rings (SSSR count). The van der Waals surface area contributed by atoms with Gasteiger partial charge < -0.3 is 0 Å². The normalized spacial score (nSPS) is 19.6. The van der Waals surface area contributed by atoms with Crippen LogP contribution in [0.1, 0.15) is 13.8 Å². The zero-order valence-corrected chi connectivity index (χ0v) is 7.05. The van der Waals surface area contributed by atoms with Crippen LogP contribution in [0.15, 0.2) is 0 Å². The van der Waals surface area contributed by atoms with Crippen LogP contribution >= 0.6 is 7.72 Å². The van der Waals surface area contributed by atoms with Crippen LogP contribution < -0.4 is 0 Å². The molecule has 0 N–H and O–H groups in total. The Morgan fingerprint density at radius 2 is 1.18 bits per heavy atom. The van der Waals surface area contributed by atoms with Gasteiger partial charge in [0.15, 0.2) is 0 Å². The topological polar surface area (TPSA) is 2.70 Å². The van der Waals surface area contributed by atoms with Crippen LogP contribution in [-0.2, 0) is 4.15 Å². The summed E-state index contributed by atoms with van der Waals surface area (Å²) in [4.78, 5) is 0. The van der Waals surface area contributed by atoms with Gasteiger partial charge in [0.2, 0.25) is 0 Å². The quantitative estimate of drug-likeness (QED) is 0.367. The molecule has 7 heteroatoms. The molecule has 0 fully saturated rings. The summed E-state index contributed by atoms with van der Waals surface area (Å²) in [6.07, 6.45) is 0. The summed E-state index contributed by atoms with van der Waals surface area (Å²) in [5.41, 5.74) is 0. The summed E-state index contributed by atoms with van der Waals surface area (Å²) in [5, 5.41) is 0. The monoisotopic (exact) mass is 200 g/mol. The first-order valence-corrected chi connectivity index (χ1v) is 5.07. The Hall–Kier alpha value is 0.0400. The molecule has 0 aliphatic heterocycles. The Kier molecular flexibility index (Phi) is 2.05. The van der Waals surface area contributed by atoms with Crippen LogP contribution in [0, 0.1) is 0 Å². The molecule has 1 nitrogen and oxygen atoms in total. The van der Waals surface area contributed by atoms with Gasteiger partial charge in [0.25, 0.3) is 0 Å². The van der Waals surface area contributed by atoms with Crippen LogP contribution in [0.2, 0.25) is 0 Å². The van der Waals surface area contributed by atoms with Gasteiger partial charge in [0, 0.05) is 0 Å². The van der Waals surface area contributed by atoms with Gasteiger partial charge in [0.1, 0.15) is 0 Å². The first kappa shape index (κ1) is 11.0. The van der Waals surface area contributed by atoms with Crippen molar-refractivity contribution in [1.29, 1.82) is 0 Å². The molecule has 72 valence electrons. The van der Waals surface area contributed by atoms with Crippen LogP contribution in [0.25, 0.3) is 0 Å². The molecule has 0 aliphatic carbocycles. The molecule has 0 atom stereocenters. The fraction of sp³-hybridized carbons (Fsp3) is 1.00. The Bertz CT molecular complexity index is 142. The Balaban J connectivity index is 4.81. The van der Waals surface area contributed by atoms with Crippen molar-refractivity contribution in [3.8, 4) is 0 Å². The van der Waals surface area contributed by atoms with Crippen molar-refractivity contribution in [1.82, 2.24) is 0 Å². The summed E-state index contributed by atoms with van der Waals surface area (Å²) >= 11 is 0. The second kappa shape index (κ2) is 2.04. The Labute approximate surface area is 61.0 Å². The second-order valence-corrected chi connectivity index (χ2v) is 4.51. The molecule has 0 spiro atoms. The molecule has 0 radical (unpaired) electrons. The fourth-order valence-electron chi connectivity index (χ4n) is 0.692. The average molecular weight is 200 g/mol. The van der Waals surface area contributed by atoms with Crippen LogP contribution in [0.3, 0.4) is 0 Å². The molecule has 0 saturated heterocycles. The van der Waals surface area contributed by atoms with E-state index in [0.29, 0.717) is 0 Å². The SMILES string of the molecule is CC[O+](CC)[P-](F)(F)(F)(F)F. The Morgan fingerprint density at radius 3 is 1.18 bits per heavy atom. The van der Waals surface area contributed by atoms with Gasteiger partial charge in [0.05, 0.1) is 0 Å². The fourth-order valence-corrected chi connectivity index (χ4v) is 1.67. The third-order valence-corrected chi connectivity index (χ3v) is 2.65. The molecule has 0 amide bonds. The van der Waals surface area contributed by atoms with Gasteiger partial charge in [-0.15, -0.1) is 0 Å². The summed E-state index contributed by atoms with van der Waals surface area (Å²) < 4.78 is 59.1. The van der Waals surface area contributed by atoms with E-state index in [4.69, 9.17) is 0 Å². The summed E-state index contributed by atoms with van der Waals surface area (Å²) in [6, 6.07) is 0. The van der Waals surface area contributed by atoms with Crippen LogP contribution in [-0.4, -0.2) is 13.2 Å². The minimum absolute atomic E-state index is 0.125. The first-order valence-electron chi connectivity index (χ1n) is 3.02. The van der Waals surface area contributed by atoms with Crippen molar-refractivity contribution in [3.63, 3.8) is 0 Å². The number of rotatable bonds is 3. The van der Waals surface area contributed by atoms with Gasteiger partial charge in [-0.25, -0.2) is 0 Å². The average Bonchev–Trinajstić information content (AvgIpc) is 1.60. The molecule has 0 unspecified atom stereocenters. The van der Waals surface area contributed by atoms with Crippen molar-refractivity contribution in [2.24, 2.45) is 0 Å². The van der Waals surface area contributed by atoms with E-state index in [1.54, 1.807) is 0 Å². The number of hydrogen-bond donors (Lipinski definition) is 0. The molecular formula is C4H10F5OP. The summed E-state index contributed by atoms with van der Waals surface area (Å²) in [5.74, 6) is 0.